The Morgan fingerprint density at radius 1 is 0.905 bits per heavy atom. The fourth-order valence-electron chi connectivity index (χ4n) is 1.96. The van der Waals surface area contributed by atoms with Crippen LogP contribution in [0.25, 0.3) is 0 Å². The van der Waals surface area contributed by atoms with Crippen molar-refractivity contribution in [3.8, 4) is 0 Å². The van der Waals surface area contributed by atoms with Crippen molar-refractivity contribution in [3.05, 3.63) is 29.8 Å². The predicted octanol–water partition coefficient (Wildman–Crippen LogP) is 1.33. The van der Waals surface area contributed by atoms with Crippen molar-refractivity contribution in [1.29, 1.82) is 0 Å². The standard InChI is InChI=1S/C15H23.Nd.H3O4P/c1-2-3-4-5-6-7-9-12-15-13-10-8-11-14-15;;1-5(2,3)4/h10-11,13-14H,2-7,9,12H2,1H3;;(H3,1,2,3,4)/q;+3;/p-3. The van der Waals surface area contributed by atoms with Crippen molar-refractivity contribution >= 4 is 9.04 Å². The van der Waals surface area contributed by atoms with Gasteiger partial charge in [-0.25, -0.2) is 0 Å². The Kier molecular flexibility index (Phi) is 13.6. The van der Waals surface area contributed by atoms with Gasteiger partial charge in [0.05, 0.1) is 0 Å². The molecular weight excluding hydrogens is 419 g/mol. The van der Waals surface area contributed by atoms with Crippen molar-refractivity contribution in [1.82, 2.24) is 0 Å². The molecule has 0 fully saturated rings. The van der Waals surface area contributed by atoms with E-state index in [0.29, 0.717) is 0 Å². The third-order valence-electron chi connectivity index (χ3n) is 3.02. The Bertz CT molecular complexity index is 394. The van der Waals surface area contributed by atoms with E-state index in [1.54, 1.807) is 0 Å². The molecule has 0 saturated heterocycles. The van der Waals surface area contributed by atoms with E-state index in [4.69, 9.17) is 19.2 Å². The van der Waals surface area contributed by atoms with Gasteiger partial charge in [0, 0.05) is 0 Å². The minimum atomic E-state index is -5.39. The third kappa shape index (κ3) is 18.6. The van der Waals surface area contributed by atoms with Gasteiger partial charge < -0.3 is 19.2 Å². The van der Waals surface area contributed by atoms with Gasteiger partial charge in [-0.3, -0.25) is 0 Å². The van der Waals surface area contributed by atoms with E-state index in [2.05, 4.69) is 31.2 Å². The molecule has 0 amide bonds. The zero-order chi connectivity index (χ0) is 16.1. The van der Waals surface area contributed by atoms with E-state index >= 15 is 0 Å². The summed E-state index contributed by atoms with van der Waals surface area (Å²) in [4.78, 5) is 25.6. The van der Waals surface area contributed by atoms with E-state index in [1.165, 1.54) is 96.9 Å². The van der Waals surface area contributed by atoms with E-state index < -0.39 is 7.82 Å². The molecule has 1 rings (SSSR count). The van der Waals surface area contributed by atoms with Crippen molar-refractivity contribution in [2.75, 3.05) is 0 Å². The van der Waals surface area contributed by atoms with Crippen LogP contribution in [0, 0.1) is 38.8 Å². The molecule has 21 heavy (non-hydrogen) atoms. The van der Waals surface area contributed by atoms with Crippen LogP contribution in [-0.4, -0.2) is 0 Å². The van der Waals surface area contributed by atoms with Crippen molar-refractivity contribution in [2.45, 2.75) is 58.3 Å². The van der Waals surface area contributed by atoms with Gasteiger partial charge in [0.2, 0.25) is 0 Å². The summed E-state index contributed by atoms with van der Waals surface area (Å²) < 4.78 is 10.1. The van der Waals surface area contributed by atoms with Gasteiger partial charge in [-0.1, -0.05) is 6.92 Å². The van der Waals surface area contributed by atoms with Crippen LogP contribution in [0.15, 0.2) is 24.3 Å². The maximum absolute atomic E-state index is 8.55. The molecule has 0 bridgehead atoms. The molecule has 1 aromatic carbocycles. The van der Waals surface area contributed by atoms with Gasteiger partial charge in [0.15, 0.2) is 0 Å². The SMILES string of the molecule is CCCCCCCCCc1cc[c]([Nd+3])cc1.O=P([O-])([O-])[O-]. The largest absolute Gasteiger partial charge is 0.822 e. The third-order valence-corrected chi connectivity index (χ3v) is 4.09. The minimum absolute atomic E-state index is 1.18. The first kappa shape index (κ1) is 21.7. The molecule has 0 N–H and O–H groups in total. The average Bonchev–Trinajstić information content (AvgIpc) is 2.38. The molecular formula is C15H23NdO4P. The smallest absolute Gasteiger partial charge is 0.159 e. The molecule has 0 unspecified atom stereocenters. The average molecular weight is 443 g/mol. The van der Waals surface area contributed by atoms with Crippen LogP contribution in [0.1, 0.15) is 57.4 Å². The zero-order valence-electron chi connectivity index (χ0n) is 12.5. The summed E-state index contributed by atoms with van der Waals surface area (Å²) >= 11 is 1.18. The maximum Gasteiger partial charge on any atom is -0.159 e. The van der Waals surface area contributed by atoms with Crippen LogP contribution in [-0.2, 0) is 11.0 Å². The zero-order valence-corrected chi connectivity index (χ0v) is 16.6. The number of hydrogen-bond donors (Lipinski definition) is 0. The summed E-state index contributed by atoms with van der Waals surface area (Å²) in [5, 5.41) is 0. The second-order valence-corrected chi connectivity index (χ2v) is 7.76. The second-order valence-electron chi connectivity index (χ2n) is 5.02. The normalized spacial score (nSPS) is 11.0. The number of unbranched alkanes of at least 4 members (excludes halogenated alkanes) is 6. The first-order chi connectivity index (χ1) is 9.83. The minimum Gasteiger partial charge on any atom is -0.822 e. The molecule has 0 heterocycles. The maximum atomic E-state index is 8.55. The summed E-state index contributed by atoms with van der Waals surface area (Å²) in [6, 6.07) is 9.17. The van der Waals surface area contributed by atoms with Gasteiger partial charge >= 0.3 is 121 Å². The Morgan fingerprint density at radius 3 is 1.81 bits per heavy atom. The van der Waals surface area contributed by atoms with Crippen LogP contribution in [0.3, 0.4) is 0 Å². The summed E-state index contributed by atoms with van der Waals surface area (Å²) in [6.07, 6.45) is 11.1. The predicted molar refractivity (Wildman–Crippen MR) is 75.4 cm³/mol. The number of rotatable bonds is 8. The second kappa shape index (κ2) is 13.2. The fraction of sp³-hybridized carbons (Fsp3) is 0.600. The fourth-order valence-corrected chi connectivity index (χ4v) is 2.49. The van der Waals surface area contributed by atoms with E-state index in [0.717, 1.165) is 0 Å². The quantitative estimate of drug-likeness (QED) is 0.449. The molecule has 1 aromatic rings. The van der Waals surface area contributed by atoms with Gasteiger partial charge in [0.25, 0.3) is 0 Å². The number of phosphoric acid groups is 1. The molecule has 0 saturated carbocycles. The Hall–Kier alpha value is 0.681. The van der Waals surface area contributed by atoms with Crippen molar-refractivity contribution in [2.24, 2.45) is 0 Å². The summed E-state index contributed by atoms with van der Waals surface area (Å²) in [6.45, 7) is 2.28. The van der Waals surface area contributed by atoms with E-state index in [1.807, 2.05) is 0 Å². The summed E-state index contributed by atoms with van der Waals surface area (Å²) in [7, 11) is -5.39. The summed E-state index contributed by atoms with van der Waals surface area (Å²) in [5.41, 5.74) is 1.52. The monoisotopic (exact) mass is 440 g/mol. The van der Waals surface area contributed by atoms with Crippen LogP contribution in [0.2, 0.25) is 0 Å². The topological polar surface area (TPSA) is 86.2 Å². The molecule has 0 aliphatic rings. The molecule has 0 aliphatic heterocycles. The molecule has 116 valence electrons. The first-order valence-corrected chi connectivity index (χ1v) is 10.4. The van der Waals surface area contributed by atoms with Crippen LogP contribution < -0.4 is 15.9 Å². The number of benzene rings is 1. The first-order valence-electron chi connectivity index (χ1n) is 7.36. The van der Waals surface area contributed by atoms with E-state index in [9.17, 15) is 0 Å². The number of hydrogen-bond acceptors (Lipinski definition) is 4. The molecule has 0 atom stereocenters. The molecule has 4 nitrogen and oxygen atoms in total. The molecule has 0 aliphatic carbocycles. The van der Waals surface area contributed by atoms with Gasteiger partial charge in [0.1, 0.15) is 0 Å². The van der Waals surface area contributed by atoms with Crippen LogP contribution in [0.5, 0.6) is 0 Å². The van der Waals surface area contributed by atoms with E-state index in [-0.39, 0.29) is 0 Å². The Labute approximate surface area is 154 Å². The molecule has 0 radical (unpaired) electrons. The summed E-state index contributed by atoms with van der Waals surface area (Å²) in [5.74, 6) is 0. The van der Waals surface area contributed by atoms with Gasteiger partial charge in [-0.2, -0.15) is 7.82 Å². The van der Waals surface area contributed by atoms with Crippen molar-refractivity contribution < 1.29 is 58.0 Å². The number of aryl methyl sites for hydroxylation is 1. The molecule has 6 heteroatoms. The van der Waals surface area contributed by atoms with Crippen LogP contribution in [0.4, 0.5) is 0 Å². The Morgan fingerprint density at radius 2 is 1.33 bits per heavy atom. The Balaban J connectivity index is 0.000000690. The van der Waals surface area contributed by atoms with Crippen LogP contribution >= 0.6 is 7.82 Å². The molecule has 0 spiro atoms. The molecule has 0 aromatic heterocycles. The van der Waals surface area contributed by atoms with Gasteiger partial charge in [-0.15, -0.1) is 0 Å². The van der Waals surface area contributed by atoms with Crippen molar-refractivity contribution in [3.63, 3.8) is 0 Å². The van der Waals surface area contributed by atoms with Gasteiger partial charge in [-0.05, 0) is 0 Å².